The molecule has 2 N–H and O–H groups in total. The average molecular weight is 336 g/mol. The number of piperidine rings is 1. The van der Waals surface area contributed by atoms with Crippen molar-refractivity contribution in [2.45, 2.75) is 26.7 Å². The third-order valence-corrected chi connectivity index (χ3v) is 3.81. The number of rotatable bonds is 6. The second-order valence-corrected chi connectivity index (χ2v) is 5.47. The molecule has 1 aliphatic rings. The quantitative estimate of drug-likeness (QED) is 0.415. The summed E-state index contributed by atoms with van der Waals surface area (Å²) in [6.45, 7) is 4.64. The normalized spacial score (nSPS) is 15.6. The van der Waals surface area contributed by atoms with Crippen molar-refractivity contribution in [3.63, 3.8) is 0 Å². The standard InChI is InChI=1S/C16H24N4O4/c1-3-24-16(23)13-4-7-19(8-5-13)15(22)14(10-18)11-20(9-6-17)12(2)21/h11,13H,3-9,17H2,1-2H3/b14-11-. The number of esters is 1. The molecule has 0 radical (unpaired) electrons. The largest absolute Gasteiger partial charge is 0.466 e. The molecule has 1 rings (SSSR count). The van der Waals surface area contributed by atoms with Crippen LogP contribution in [-0.2, 0) is 19.1 Å². The SMILES string of the molecule is CCOC(=O)C1CCN(C(=O)/C(C#N)=C\N(CCN)C(C)=O)CC1. The number of nitrogens with zero attached hydrogens (tertiary/aromatic N) is 3. The van der Waals surface area contributed by atoms with Crippen LogP contribution in [0.1, 0.15) is 26.7 Å². The van der Waals surface area contributed by atoms with Crippen molar-refractivity contribution >= 4 is 17.8 Å². The minimum atomic E-state index is -0.442. The number of likely N-dealkylation sites (tertiary alicyclic amines) is 1. The summed E-state index contributed by atoms with van der Waals surface area (Å²) in [5.41, 5.74) is 5.31. The van der Waals surface area contributed by atoms with Gasteiger partial charge in [0.05, 0.1) is 12.5 Å². The van der Waals surface area contributed by atoms with Crippen LogP contribution in [0.15, 0.2) is 11.8 Å². The van der Waals surface area contributed by atoms with Crippen LogP contribution in [0.5, 0.6) is 0 Å². The van der Waals surface area contributed by atoms with Crippen LogP contribution in [0.25, 0.3) is 0 Å². The van der Waals surface area contributed by atoms with Crippen LogP contribution in [0.3, 0.4) is 0 Å². The molecule has 0 spiro atoms. The molecule has 1 aliphatic heterocycles. The zero-order chi connectivity index (χ0) is 18.1. The van der Waals surface area contributed by atoms with E-state index in [4.69, 9.17) is 10.5 Å². The molecule has 0 atom stereocenters. The molecule has 132 valence electrons. The van der Waals surface area contributed by atoms with E-state index in [-0.39, 0.29) is 36.5 Å². The highest BCUT2D eigenvalue weighted by Gasteiger charge is 2.29. The number of hydrogen-bond acceptors (Lipinski definition) is 6. The van der Waals surface area contributed by atoms with Gasteiger partial charge in [0.25, 0.3) is 5.91 Å². The van der Waals surface area contributed by atoms with Gasteiger partial charge in [0, 0.05) is 39.3 Å². The third-order valence-electron chi connectivity index (χ3n) is 3.81. The van der Waals surface area contributed by atoms with Gasteiger partial charge in [-0.3, -0.25) is 14.4 Å². The molecule has 2 amide bonds. The summed E-state index contributed by atoms with van der Waals surface area (Å²) in [5.74, 6) is -1.19. The molecule has 0 aromatic carbocycles. The van der Waals surface area contributed by atoms with Gasteiger partial charge in [-0.2, -0.15) is 5.26 Å². The van der Waals surface area contributed by atoms with Gasteiger partial charge in [0.1, 0.15) is 11.6 Å². The topological polar surface area (TPSA) is 117 Å². The van der Waals surface area contributed by atoms with Crippen LogP contribution < -0.4 is 5.73 Å². The fourth-order valence-electron chi connectivity index (χ4n) is 2.49. The number of hydrogen-bond donors (Lipinski definition) is 1. The molecule has 0 aromatic rings. The Balaban J connectivity index is 2.73. The highest BCUT2D eigenvalue weighted by molar-refractivity contribution is 5.97. The lowest BCUT2D eigenvalue weighted by Crippen LogP contribution is -2.41. The third kappa shape index (κ3) is 5.35. The maximum absolute atomic E-state index is 12.4. The summed E-state index contributed by atoms with van der Waals surface area (Å²) in [6, 6.07) is 1.84. The first kappa shape index (κ1) is 19.6. The summed E-state index contributed by atoms with van der Waals surface area (Å²) in [4.78, 5) is 38.4. The zero-order valence-electron chi connectivity index (χ0n) is 14.2. The Morgan fingerprint density at radius 1 is 1.38 bits per heavy atom. The molecule has 1 saturated heterocycles. The van der Waals surface area contributed by atoms with Crippen LogP contribution in [0.2, 0.25) is 0 Å². The van der Waals surface area contributed by atoms with Crippen molar-refractivity contribution in [3.05, 3.63) is 11.8 Å². The molecule has 0 saturated carbocycles. The molecule has 0 unspecified atom stereocenters. The molecule has 8 nitrogen and oxygen atoms in total. The lowest BCUT2D eigenvalue weighted by Gasteiger charge is -2.30. The smallest absolute Gasteiger partial charge is 0.309 e. The number of nitrogens with two attached hydrogens (primary N) is 1. The second kappa shape index (κ2) is 9.67. The first-order valence-electron chi connectivity index (χ1n) is 7.99. The maximum atomic E-state index is 12.4. The Bertz CT molecular complexity index is 545. The first-order valence-corrected chi connectivity index (χ1v) is 7.99. The van der Waals surface area contributed by atoms with E-state index in [1.165, 1.54) is 22.9 Å². The summed E-state index contributed by atoms with van der Waals surface area (Å²) in [5, 5.41) is 9.23. The zero-order valence-corrected chi connectivity index (χ0v) is 14.2. The van der Waals surface area contributed by atoms with Crippen molar-refractivity contribution < 1.29 is 19.1 Å². The Labute approximate surface area is 141 Å². The predicted molar refractivity (Wildman–Crippen MR) is 86.1 cm³/mol. The molecular weight excluding hydrogens is 312 g/mol. The van der Waals surface area contributed by atoms with E-state index in [0.717, 1.165) is 0 Å². The van der Waals surface area contributed by atoms with Crippen LogP contribution >= 0.6 is 0 Å². The summed E-state index contributed by atoms with van der Waals surface area (Å²) in [7, 11) is 0. The molecule has 1 fully saturated rings. The lowest BCUT2D eigenvalue weighted by atomic mass is 9.96. The van der Waals surface area contributed by atoms with Gasteiger partial charge in [0.15, 0.2) is 0 Å². The van der Waals surface area contributed by atoms with E-state index in [1.807, 2.05) is 6.07 Å². The van der Waals surface area contributed by atoms with E-state index >= 15 is 0 Å². The number of ether oxygens (including phenoxy) is 1. The summed E-state index contributed by atoms with van der Waals surface area (Å²) >= 11 is 0. The number of amides is 2. The van der Waals surface area contributed by atoms with Gasteiger partial charge in [-0.1, -0.05) is 0 Å². The highest BCUT2D eigenvalue weighted by atomic mass is 16.5. The lowest BCUT2D eigenvalue weighted by molar-refractivity contribution is -0.150. The van der Waals surface area contributed by atoms with Crippen LogP contribution in [-0.4, -0.2) is 60.4 Å². The van der Waals surface area contributed by atoms with Gasteiger partial charge < -0.3 is 20.3 Å². The summed E-state index contributed by atoms with van der Waals surface area (Å²) in [6.07, 6.45) is 2.25. The Morgan fingerprint density at radius 3 is 2.46 bits per heavy atom. The van der Waals surface area contributed by atoms with E-state index in [2.05, 4.69) is 0 Å². The molecule has 0 aliphatic carbocycles. The van der Waals surface area contributed by atoms with E-state index in [0.29, 0.717) is 32.5 Å². The number of nitriles is 1. The molecular formula is C16H24N4O4. The van der Waals surface area contributed by atoms with Gasteiger partial charge >= 0.3 is 5.97 Å². The fourth-order valence-corrected chi connectivity index (χ4v) is 2.49. The van der Waals surface area contributed by atoms with Crippen molar-refractivity contribution in [2.24, 2.45) is 11.7 Å². The van der Waals surface area contributed by atoms with E-state index in [1.54, 1.807) is 6.92 Å². The van der Waals surface area contributed by atoms with Crippen molar-refractivity contribution in [1.82, 2.24) is 9.80 Å². The fraction of sp³-hybridized carbons (Fsp3) is 0.625. The van der Waals surface area contributed by atoms with Gasteiger partial charge in [-0.15, -0.1) is 0 Å². The molecule has 8 heteroatoms. The Kier molecular flexibility index (Phi) is 7.92. The summed E-state index contributed by atoms with van der Waals surface area (Å²) < 4.78 is 4.99. The van der Waals surface area contributed by atoms with Crippen LogP contribution in [0.4, 0.5) is 0 Å². The van der Waals surface area contributed by atoms with Gasteiger partial charge in [-0.25, -0.2) is 0 Å². The number of carbonyl (C=O) groups excluding carboxylic acids is 3. The maximum Gasteiger partial charge on any atom is 0.309 e. The highest BCUT2D eigenvalue weighted by Crippen LogP contribution is 2.20. The van der Waals surface area contributed by atoms with Crippen LogP contribution in [0, 0.1) is 17.2 Å². The van der Waals surface area contributed by atoms with Crippen molar-refractivity contribution in [1.29, 1.82) is 5.26 Å². The Morgan fingerprint density at radius 2 is 2.00 bits per heavy atom. The molecule has 0 bridgehead atoms. The van der Waals surface area contributed by atoms with E-state index in [9.17, 15) is 19.6 Å². The number of carbonyl (C=O) groups is 3. The van der Waals surface area contributed by atoms with Crippen molar-refractivity contribution in [3.8, 4) is 6.07 Å². The van der Waals surface area contributed by atoms with Gasteiger partial charge in [-0.05, 0) is 19.8 Å². The van der Waals surface area contributed by atoms with E-state index < -0.39 is 5.91 Å². The first-order chi connectivity index (χ1) is 11.4. The molecule has 24 heavy (non-hydrogen) atoms. The minimum Gasteiger partial charge on any atom is -0.466 e. The molecule has 1 heterocycles. The monoisotopic (exact) mass is 336 g/mol. The average Bonchev–Trinajstić information content (AvgIpc) is 2.58. The van der Waals surface area contributed by atoms with Gasteiger partial charge in [0.2, 0.25) is 5.91 Å². The second-order valence-electron chi connectivity index (χ2n) is 5.47. The minimum absolute atomic E-state index is 0.117. The van der Waals surface area contributed by atoms with Crippen molar-refractivity contribution in [2.75, 3.05) is 32.8 Å². The molecule has 0 aromatic heterocycles. The predicted octanol–water partition coefficient (Wildman–Crippen LogP) is 0.00278. The Hall–Kier alpha value is -2.40.